The van der Waals surface area contributed by atoms with Crippen LogP contribution in [0.4, 0.5) is 0 Å². The topological polar surface area (TPSA) is 178 Å². The number of hydrogen-bond acceptors (Lipinski definition) is 15. The van der Waals surface area contributed by atoms with Gasteiger partial charge in [0.1, 0.15) is 12.7 Å². The summed E-state index contributed by atoms with van der Waals surface area (Å²) in [4.78, 5) is 73.5. The summed E-state index contributed by atoms with van der Waals surface area (Å²) in [5.74, 6) is -5.05. The summed E-state index contributed by atoms with van der Waals surface area (Å²) < 4.78 is 45.3. The Hall–Kier alpha value is -3.27. The average molecular weight is 641 g/mol. The highest BCUT2D eigenvalue weighted by atomic mass is 17.3. The Balaban J connectivity index is 1.41. The van der Waals surface area contributed by atoms with Gasteiger partial charge in [-0.2, -0.15) is 0 Å². The van der Waals surface area contributed by atoms with Crippen molar-refractivity contribution in [2.75, 3.05) is 6.61 Å². The maximum atomic E-state index is 13.6. The molecule has 15 heteroatoms. The Kier molecular flexibility index (Phi) is 9.19. The molecule has 5 aliphatic heterocycles. The molecule has 5 fully saturated rings. The van der Waals surface area contributed by atoms with Crippen molar-refractivity contribution in [1.29, 1.82) is 0 Å². The molecule has 0 aromatic heterocycles. The van der Waals surface area contributed by atoms with E-state index in [0.717, 1.165) is 40.5 Å². The van der Waals surface area contributed by atoms with Gasteiger partial charge in [0.2, 0.25) is 30.2 Å². The van der Waals surface area contributed by atoms with Gasteiger partial charge >= 0.3 is 29.8 Å². The molecule has 0 aromatic rings. The lowest BCUT2D eigenvalue weighted by Crippen LogP contribution is -2.67. The van der Waals surface area contributed by atoms with Crippen molar-refractivity contribution < 1.29 is 71.6 Å². The van der Waals surface area contributed by atoms with Crippen LogP contribution < -0.4 is 0 Å². The van der Waals surface area contributed by atoms with E-state index in [1.165, 1.54) is 0 Å². The van der Waals surface area contributed by atoms with Crippen molar-refractivity contribution >= 4 is 29.8 Å². The predicted molar refractivity (Wildman–Crippen MR) is 145 cm³/mol. The molecule has 250 valence electrons. The van der Waals surface area contributed by atoms with Gasteiger partial charge in [-0.1, -0.05) is 6.92 Å². The third-order valence-corrected chi connectivity index (χ3v) is 9.17. The van der Waals surface area contributed by atoms with Gasteiger partial charge in [0.05, 0.1) is 0 Å². The molecule has 2 bridgehead atoms. The van der Waals surface area contributed by atoms with Gasteiger partial charge in [-0.15, -0.1) is 0 Å². The summed E-state index contributed by atoms with van der Waals surface area (Å²) in [6, 6.07) is 0. The van der Waals surface area contributed by atoms with E-state index in [1.807, 2.05) is 0 Å². The summed E-state index contributed by atoms with van der Waals surface area (Å²) in [5, 5.41) is 0. The molecular formula is C30H40O15. The van der Waals surface area contributed by atoms with E-state index >= 15 is 0 Å². The minimum absolute atomic E-state index is 0.0608. The minimum Gasteiger partial charge on any atom is -0.457 e. The van der Waals surface area contributed by atoms with Crippen molar-refractivity contribution in [3.63, 3.8) is 0 Å². The lowest BCUT2D eigenvalue weighted by molar-refractivity contribution is -0.556. The van der Waals surface area contributed by atoms with E-state index in [9.17, 15) is 24.0 Å². The number of fused-ring (bicyclic) bond motifs is 2. The van der Waals surface area contributed by atoms with Crippen molar-refractivity contribution in [1.82, 2.24) is 0 Å². The van der Waals surface area contributed by atoms with Gasteiger partial charge in [0.25, 0.3) is 0 Å². The second kappa shape index (κ2) is 12.5. The Morgan fingerprint density at radius 2 is 1.44 bits per heavy atom. The van der Waals surface area contributed by atoms with Crippen LogP contribution in [0.3, 0.4) is 0 Å². The molecule has 0 aromatic carbocycles. The van der Waals surface area contributed by atoms with E-state index in [0.29, 0.717) is 24.3 Å². The molecule has 0 N–H and O–H groups in total. The number of esters is 5. The molecular weight excluding hydrogens is 600 g/mol. The van der Waals surface area contributed by atoms with Crippen molar-refractivity contribution in [3.8, 4) is 0 Å². The maximum absolute atomic E-state index is 13.6. The van der Waals surface area contributed by atoms with Gasteiger partial charge in [0, 0.05) is 46.0 Å². The molecule has 1 saturated carbocycles. The second-order valence-electron chi connectivity index (χ2n) is 12.5. The standard InChI is InChI=1S/C30H40O15/c1-13-8-9-20-14(2)22(42-28-30(20)19(13)10-11-29(7,43-28)44-45-30)26(35)36-12-21-23(37-15(3)31)24(38-16(4)32)25(39-17(5)33)27(41-21)40-18(6)34/h13,19-21,23-25,27-28H,8-12H2,1-7H3/t13-,19+,20+,21?,23-,24+,25?,27-,28?,29+,30-/m1/s1. The molecule has 4 saturated heterocycles. The van der Waals surface area contributed by atoms with Crippen LogP contribution in [0.15, 0.2) is 11.3 Å². The molecule has 3 unspecified atom stereocenters. The average Bonchev–Trinajstić information content (AvgIpc) is 3.17. The number of rotatable bonds is 7. The number of carbonyl (C=O) groups excluding carboxylic acids is 5. The second-order valence-corrected chi connectivity index (χ2v) is 12.5. The molecule has 6 aliphatic rings. The fraction of sp³-hybridized carbons (Fsp3) is 0.767. The Bertz CT molecular complexity index is 1260. The lowest BCUT2D eigenvalue weighted by atomic mass is 9.59. The normalized spacial score (nSPS) is 40.2. The van der Waals surface area contributed by atoms with Crippen LogP contribution in [0, 0.1) is 17.8 Å². The highest BCUT2D eigenvalue weighted by Crippen LogP contribution is 2.60. The Labute approximate surface area is 259 Å². The van der Waals surface area contributed by atoms with E-state index in [2.05, 4.69) is 6.92 Å². The summed E-state index contributed by atoms with van der Waals surface area (Å²) in [6.45, 7) is 9.54. The van der Waals surface area contributed by atoms with Gasteiger partial charge in [0.15, 0.2) is 17.8 Å². The fourth-order valence-electron chi connectivity index (χ4n) is 7.29. The first kappa shape index (κ1) is 33.1. The van der Waals surface area contributed by atoms with Crippen LogP contribution in [-0.4, -0.2) is 84.8 Å². The third-order valence-electron chi connectivity index (χ3n) is 9.17. The summed E-state index contributed by atoms with van der Waals surface area (Å²) >= 11 is 0. The molecule has 5 heterocycles. The van der Waals surface area contributed by atoms with Crippen molar-refractivity contribution in [2.45, 2.75) is 123 Å². The van der Waals surface area contributed by atoms with E-state index in [-0.39, 0.29) is 17.6 Å². The van der Waals surface area contributed by atoms with E-state index in [4.69, 9.17) is 47.7 Å². The molecule has 45 heavy (non-hydrogen) atoms. The Morgan fingerprint density at radius 3 is 2.09 bits per heavy atom. The van der Waals surface area contributed by atoms with Crippen LogP contribution in [-0.2, 0) is 71.6 Å². The highest BCUT2D eigenvalue weighted by molar-refractivity contribution is 5.87. The zero-order valence-corrected chi connectivity index (χ0v) is 26.4. The monoisotopic (exact) mass is 640 g/mol. The first-order valence-corrected chi connectivity index (χ1v) is 15.1. The van der Waals surface area contributed by atoms with Crippen LogP contribution >= 0.6 is 0 Å². The van der Waals surface area contributed by atoms with Crippen LogP contribution in [0.5, 0.6) is 0 Å². The molecule has 11 atom stereocenters. The molecule has 1 aliphatic carbocycles. The number of hydrogen-bond donors (Lipinski definition) is 0. The zero-order valence-electron chi connectivity index (χ0n) is 26.4. The highest BCUT2D eigenvalue weighted by Gasteiger charge is 2.68. The molecule has 6 rings (SSSR count). The molecule has 15 nitrogen and oxygen atoms in total. The largest absolute Gasteiger partial charge is 0.457 e. The van der Waals surface area contributed by atoms with E-state index < -0.39 is 84.8 Å². The smallest absolute Gasteiger partial charge is 0.373 e. The summed E-state index contributed by atoms with van der Waals surface area (Å²) in [5.41, 5.74) is -0.327. The zero-order chi connectivity index (χ0) is 32.8. The van der Waals surface area contributed by atoms with Crippen LogP contribution in [0.1, 0.15) is 74.1 Å². The van der Waals surface area contributed by atoms with Crippen LogP contribution in [0.2, 0.25) is 0 Å². The van der Waals surface area contributed by atoms with Gasteiger partial charge in [-0.25, -0.2) is 14.6 Å². The fourth-order valence-corrected chi connectivity index (χ4v) is 7.29. The van der Waals surface area contributed by atoms with Crippen LogP contribution in [0.25, 0.3) is 0 Å². The maximum Gasteiger partial charge on any atom is 0.373 e. The first-order chi connectivity index (χ1) is 21.1. The quantitative estimate of drug-likeness (QED) is 0.224. The molecule has 0 radical (unpaired) electrons. The van der Waals surface area contributed by atoms with Gasteiger partial charge in [-0.05, 0) is 44.6 Å². The van der Waals surface area contributed by atoms with Gasteiger partial charge < -0.3 is 37.9 Å². The van der Waals surface area contributed by atoms with E-state index in [1.54, 1.807) is 13.8 Å². The van der Waals surface area contributed by atoms with Crippen molar-refractivity contribution in [3.05, 3.63) is 11.3 Å². The lowest BCUT2D eigenvalue weighted by Gasteiger charge is -2.57. The predicted octanol–water partition coefficient (Wildman–Crippen LogP) is 2.13. The van der Waals surface area contributed by atoms with Gasteiger partial charge in [-0.3, -0.25) is 19.2 Å². The summed E-state index contributed by atoms with van der Waals surface area (Å²) in [6.07, 6.45) is -5.24. The Morgan fingerprint density at radius 1 is 0.822 bits per heavy atom. The van der Waals surface area contributed by atoms with Crippen molar-refractivity contribution in [2.24, 2.45) is 17.8 Å². The SMILES string of the molecule is CC(=O)OC1[C@H](OC(C)=O)OC(COC(=O)C2=C(C)[C@@H]3CC[C@@H](C)[C@@H]4CC[C@]5(C)OO[C@@]34C(O2)O5)[C@@H](OC(C)=O)[C@@H]1OC(C)=O. The first-order valence-electron chi connectivity index (χ1n) is 15.1. The summed E-state index contributed by atoms with van der Waals surface area (Å²) in [7, 11) is 0. The molecule has 0 amide bonds. The number of ether oxygens (including phenoxy) is 8. The third kappa shape index (κ3) is 6.27. The number of carbonyl (C=O) groups is 5. The molecule has 1 spiro atoms. The minimum atomic E-state index is -1.59.